The summed E-state index contributed by atoms with van der Waals surface area (Å²) in [6.07, 6.45) is 2.83. The predicted octanol–water partition coefficient (Wildman–Crippen LogP) is 3.47. The Morgan fingerprint density at radius 1 is 1.12 bits per heavy atom. The van der Waals surface area contributed by atoms with Crippen molar-refractivity contribution in [1.82, 2.24) is 10.3 Å². The van der Waals surface area contributed by atoms with E-state index in [2.05, 4.69) is 10.3 Å². The fourth-order valence-corrected chi connectivity index (χ4v) is 3.97. The van der Waals surface area contributed by atoms with Crippen LogP contribution in [-0.2, 0) is 0 Å². The maximum atomic E-state index is 10.4. The number of aliphatic hydroxyl groups is 1. The van der Waals surface area contributed by atoms with Crippen LogP contribution in [0, 0.1) is 11.8 Å². The van der Waals surface area contributed by atoms with Crippen LogP contribution in [0.3, 0.4) is 0 Å². The molecule has 1 saturated heterocycles. The van der Waals surface area contributed by atoms with E-state index in [0.717, 1.165) is 36.8 Å². The standard InChI is InChI=1S/C17H19ClN2O2.2ClH/c18-13-3-4-15(17-12(13)2-1-5-20-17)22-16-7-11-9-19-8-10(11)6-14(16)21;;/h1-5,10-11,14,16,19,21H,6-9H2;2*1H/t10-,11+,14+,16+;;/m0../s1. The molecule has 1 aromatic carbocycles. The van der Waals surface area contributed by atoms with Gasteiger partial charge in [0.05, 0.1) is 11.1 Å². The van der Waals surface area contributed by atoms with Crippen LogP contribution in [0.1, 0.15) is 12.8 Å². The van der Waals surface area contributed by atoms with Crippen molar-refractivity contribution >= 4 is 47.3 Å². The Morgan fingerprint density at radius 3 is 2.67 bits per heavy atom. The number of benzene rings is 1. The van der Waals surface area contributed by atoms with Gasteiger partial charge in [-0.15, -0.1) is 24.8 Å². The quantitative estimate of drug-likeness (QED) is 0.823. The Kier molecular flexibility index (Phi) is 6.57. The lowest BCUT2D eigenvalue weighted by Crippen LogP contribution is -2.42. The monoisotopic (exact) mass is 390 g/mol. The van der Waals surface area contributed by atoms with Gasteiger partial charge >= 0.3 is 0 Å². The molecular weight excluding hydrogens is 371 g/mol. The van der Waals surface area contributed by atoms with Gasteiger partial charge in [0.15, 0.2) is 0 Å². The highest BCUT2D eigenvalue weighted by atomic mass is 35.5. The van der Waals surface area contributed by atoms with Gasteiger partial charge in [-0.1, -0.05) is 11.6 Å². The molecule has 2 N–H and O–H groups in total. The molecule has 1 aromatic heterocycles. The Bertz CT molecular complexity index is 701. The smallest absolute Gasteiger partial charge is 0.146 e. The minimum atomic E-state index is -0.421. The third-order valence-corrected chi connectivity index (χ3v) is 5.28. The second-order valence-electron chi connectivity index (χ2n) is 6.32. The first kappa shape index (κ1) is 19.5. The zero-order valence-corrected chi connectivity index (χ0v) is 15.4. The summed E-state index contributed by atoms with van der Waals surface area (Å²) in [7, 11) is 0. The number of pyridine rings is 1. The number of hydrogen-bond donors (Lipinski definition) is 2. The van der Waals surface area contributed by atoms with E-state index in [1.165, 1.54) is 0 Å². The molecule has 0 radical (unpaired) electrons. The number of aromatic nitrogens is 1. The predicted molar refractivity (Wildman–Crippen MR) is 101 cm³/mol. The Morgan fingerprint density at radius 2 is 1.88 bits per heavy atom. The molecule has 24 heavy (non-hydrogen) atoms. The number of nitrogens with one attached hydrogen (secondary N) is 1. The molecule has 0 bridgehead atoms. The van der Waals surface area contributed by atoms with Crippen molar-refractivity contribution in [3.05, 3.63) is 35.5 Å². The average Bonchev–Trinajstić information content (AvgIpc) is 2.97. The van der Waals surface area contributed by atoms with Crippen LogP contribution < -0.4 is 10.1 Å². The van der Waals surface area contributed by atoms with Crippen molar-refractivity contribution in [2.24, 2.45) is 11.8 Å². The lowest BCUT2D eigenvalue weighted by molar-refractivity contribution is -0.0225. The SMILES string of the molecule is Cl.Cl.O[C@@H]1C[C@H]2CNC[C@H]2C[C@H]1Oc1ccc(Cl)c2cccnc12. The third-order valence-electron chi connectivity index (χ3n) is 4.95. The van der Waals surface area contributed by atoms with Gasteiger partial charge in [-0.2, -0.15) is 0 Å². The molecule has 2 heterocycles. The maximum absolute atomic E-state index is 10.4. The number of rotatable bonds is 2. The molecule has 2 aromatic rings. The molecule has 2 fully saturated rings. The number of aliphatic hydroxyl groups excluding tert-OH is 1. The first-order valence-electron chi connectivity index (χ1n) is 7.81. The highest BCUT2D eigenvalue weighted by Crippen LogP contribution is 2.37. The van der Waals surface area contributed by atoms with Crippen LogP contribution >= 0.6 is 36.4 Å². The number of fused-ring (bicyclic) bond motifs is 2. The molecule has 0 amide bonds. The van der Waals surface area contributed by atoms with E-state index in [1.807, 2.05) is 24.3 Å². The van der Waals surface area contributed by atoms with Crippen molar-refractivity contribution in [2.45, 2.75) is 25.0 Å². The molecule has 132 valence electrons. The van der Waals surface area contributed by atoms with Gasteiger partial charge < -0.3 is 15.2 Å². The number of hydrogen-bond acceptors (Lipinski definition) is 4. The van der Waals surface area contributed by atoms with Crippen LogP contribution in [0.2, 0.25) is 5.02 Å². The van der Waals surface area contributed by atoms with Crippen LogP contribution in [0.4, 0.5) is 0 Å². The topological polar surface area (TPSA) is 54.4 Å². The fraction of sp³-hybridized carbons (Fsp3) is 0.471. The molecule has 1 saturated carbocycles. The van der Waals surface area contributed by atoms with Crippen molar-refractivity contribution in [2.75, 3.05) is 13.1 Å². The summed E-state index contributed by atoms with van der Waals surface area (Å²) in [5, 5.41) is 15.4. The van der Waals surface area contributed by atoms with Gasteiger partial charge in [0, 0.05) is 11.6 Å². The Balaban J connectivity index is 0.00000104. The van der Waals surface area contributed by atoms with Gasteiger partial charge in [-0.3, -0.25) is 4.98 Å². The average molecular weight is 392 g/mol. The highest BCUT2D eigenvalue weighted by molar-refractivity contribution is 6.35. The summed E-state index contributed by atoms with van der Waals surface area (Å²) in [4.78, 5) is 4.40. The van der Waals surface area contributed by atoms with Crippen molar-refractivity contribution in [1.29, 1.82) is 0 Å². The first-order valence-corrected chi connectivity index (χ1v) is 8.19. The maximum Gasteiger partial charge on any atom is 0.146 e. The Hall–Kier alpha value is -0.780. The zero-order chi connectivity index (χ0) is 15.1. The van der Waals surface area contributed by atoms with E-state index in [1.54, 1.807) is 6.20 Å². The van der Waals surface area contributed by atoms with Crippen LogP contribution in [0.5, 0.6) is 5.75 Å². The van der Waals surface area contributed by atoms with Crippen LogP contribution in [0.25, 0.3) is 10.9 Å². The first-order chi connectivity index (χ1) is 10.7. The van der Waals surface area contributed by atoms with Gasteiger partial charge in [-0.05, 0) is 62.0 Å². The van der Waals surface area contributed by atoms with E-state index in [9.17, 15) is 5.11 Å². The van der Waals surface area contributed by atoms with Crippen LogP contribution in [-0.4, -0.2) is 35.4 Å². The van der Waals surface area contributed by atoms with Gasteiger partial charge in [0.1, 0.15) is 17.4 Å². The molecule has 0 unspecified atom stereocenters. The molecule has 1 aliphatic carbocycles. The minimum absolute atomic E-state index is 0. The summed E-state index contributed by atoms with van der Waals surface area (Å²) in [6.45, 7) is 2.04. The van der Waals surface area contributed by atoms with Crippen molar-refractivity contribution < 1.29 is 9.84 Å². The largest absolute Gasteiger partial charge is 0.485 e. The zero-order valence-electron chi connectivity index (χ0n) is 13.0. The molecule has 7 heteroatoms. The molecule has 0 spiro atoms. The molecule has 4 nitrogen and oxygen atoms in total. The molecule has 1 aliphatic heterocycles. The van der Waals surface area contributed by atoms with E-state index in [0.29, 0.717) is 22.6 Å². The summed E-state index contributed by atoms with van der Waals surface area (Å²) < 4.78 is 6.15. The fourth-order valence-electron chi connectivity index (χ4n) is 3.75. The lowest BCUT2D eigenvalue weighted by atomic mass is 9.78. The van der Waals surface area contributed by atoms with Gasteiger partial charge in [-0.25, -0.2) is 0 Å². The summed E-state index contributed by atoms with van der Waals surface area (Å²) in [5.41, 5.74) is 0.758. The number of nitrogens with zero attached hydrogens (tertiary/aromatic N) is 1. The second kappa shape index (κ2) is 8.07. The summed E-state index contributed by atoms with van der Waals surface area (Å²) >= 11 is 6.22. The molecule has 2 aliphatic rings. The Labute approximate surface area is 158 Å². The summed E-state index contributed by atoms with van der Waals surface area (Å²) in [6, 6.07) is 7.48. The molecular formula is C17H21Cl3N2O2. The van der Waals surface area contributed by atoms with Crippen molar-refractivity contribution in [3.8, 4) is 5.75 Å². The minimum Gasteiger partial charge on any atom is -0.485 e. The van der Waals surface area contributed by atoms with E-state index >= 15 is 0 Å². The van der Waals surface area contributed by atoms with E-state index in [4.69, 9.17) is 16.3 Å². The van der Waals surface area contributed by atoms with E-state index in [-0.39, 0.29) is 30.9 Å². The normalized spacial score (nSPS) is 28.6. The van der Waals surface area contributed by atoms with E-state index < -0.39 is 6.10 Å². The molecule has 4 rings (SSSR count). The lowest BCUT2D eigenvalue weighted by Gasteiger charge is -2.35. The number of ether oxygens (including phenoxy) is 1. The highest BCUT2D eigenvalue weighted by Gasteiger charge is 2.40. The van der Waals surface area contributed by atoms with Gasteiger partial charge in [0.2, 0.25) is 0 Å². The summed E-state index contributed by atoms with van der Waals surface area (Å²) in [5.74, 6) is 1.88. The second-order valence-corrected chi connectivity index (χ2v) is 6.73. The number of halogens is 3. The van der Waals surface area contributed by atoms with Gasteiger partial charge in [0.25, 0.3) is 0 Å². The third kappa shape index (κ3) is 3.58. The molecule has 4 atom stereocenters. The van der Waals surface area contributed by atoms with Crippen LogP contribution in [0.15, 0.2) is 30.5 Å². The van der Waals surface area contributed by atoms with Crippen molar-refractivity contribution in [3.63, 3.8) is 0 Å².